The van der Waals surface area contributed by atoms with Crippen molar-refractivity contribution in [2.24, 2.45) is 0 Å². The first-order valence-corrected chi connectivity index (χ1v) is 5.86. The lowest BCUT2D eigenvalue weighted by molar-refractivity contribution is -0.145. The smallest absolute Gasteiger partial charge is 0.325 e. The van der Waals surface area contributed by atoms with Gasteiger partial charge in [-0.2, -0.15) is 0 Å². The fourth-order valence-corrected chi connectivity index (χ4v) is 1.45. The molecule has 0 saturated carbocycles. The van der Waals surface area contributed by atoms with Crippen molar-refractivity contribution in [2.45, 2.75) is 6.92 Å². The maximum atomic E-state index is 12.9. The van der Waals surface area contributed by atoms with Crippen molar-refractivity contribution in [3.05, 3.63) is 41.7 Å². The summed E-state index contributed by atoms with van der Waals surface area (Å²) in [5.41, 5.74) is 0.586. The summed E-state index contributed by atoms with van der Waals surface area (Å²) in [5.74, 6) is -1.16. The molecule has 19 heavy (non-hydrogen) atoms. The Morgan fingerprint density at radius 3 is 2.74 bits per heavy atom. The zero-order valence-corrected chi connectivity index (χ0v) is 10.9. The van der Waals surface area contributed by atoms with Gasteiger partial charge in [-0.25, -0.2) is 4.39 Å². The molecule has 1 aromatic carbocycles. The molecule has 0 aromatic heterocycles. The second kappa shape index (κ2) is 7.31. The van der Waals surface area contributed by atoms with Crippen LogP contribution in [0.15, 0.2) is 30.3 Å². The number of nitrogens with zero attached hydrogens (tertiary/aromatic N) is 1. The molecule has 0 heterocycles. The van der Waals surface area contributed by atoms with Crippen LogP contribution < -0.4 is 0 Å². The van der Waals surface area contributed by atoms with Gasteiger partial charge in [0.1, 0.15) is 12.4 Å². The highest BCUT2D eigenvalue weighted by molar-refractivity contribution is 5.93. The van der Waals surface area contributed by atoms with E-state index in [1.165, 1.54) is 36.3 Å². The number of hydrogen-bond acceptors (Lipinski definition) is 3. The Labute approximate surface area is 111 Å². The fourth-order valence-electron chi connectivity index (χ4n) is 1.45. The van der Waals surface area contributed by atoms with Crippen LogP contribution in [0, 0.1) is 5.82 Å². The zero-order chi connectivity index (χ0) is 14.3. The first-order valence-electron chi connectivity index (χ1n) is 5.86. The van der Waals surface area contributed by atoms with Crippen molar-refractivity contribution in [1.82, 2.24) is 4.90 Å². The van der Waals surface area contributed by atoms with E-state index in [0.29, 0.717) is 12.1 Å². The van der Waals surface area contributed by atoms with Gasteiger partial charge in [0.2, 0.25) is 5.91 Å². The lowest BCUT2D eigenvalue weighted by atomic mass is 10.2. The summed E-state index contributed by atoms with van der Waals surface area (Å²) < 4.78 is 17.4. The molecule has 1 aromatic rings. The number of benzene rings is 1. The van der Waals surface area contributed by atoms with Gasteiger partial charge in [-0.1, -0.05) is 12.1 Å². The highest BCUT2D eigenvalue weighted by Crippen LogP contribution is 2.06. The van der Waals surface area contributed by atoms with Crippen molar-refractivity contribution >= 4 is 18.0 Å². The van der Waals surface area contributed by atoms with Gasteiger partial charge in [-0.3, -0.25) is 9.59 Å². The third kappa shape index (κ3) is 4.91. The molecule has 4 nitrogen and oxygen atoms in total. The Bertz CT molecular complexity index is 485. The summed E-state index contributed by atoms with van der Waals surface area (Å²) in [5, 5.41) is 0. The van der Waals surface area contributed by atoms with Crippen LogP contribution in [-0.2, 0) is 14.3 Å². The summed E-state index contributed by atoms with van der Waals surface area (Å²) in [6, 6.07) is 5.89. The molecule has 0 N–H and O–H groups in total. The third-order valence-corrected chi connectivity index (χ3v) is 2.51. The number of amides is 1. The predicted molar refractivity (Wildman–Crippen MR) is 69.7 cm³/mol. The number of carbonyl (C=O) groups is 2. The lowest BCUT2D eigenvalue weighted by Gasteiger charge is -2.17. The molecule has 0 bridgehead atoms. The van der Waals surface area contributed by atoms with Crippen LogP contribution in [0.25, 0.3) is 6.08 Å². The maximum absolute atomic E-state index is 12.9. The van der Waals surface area contributed by atoms with Gasteiger partial charge in [0.15, 0.2) is 0 Å². The average molecular weight is 265 g/mol. The van der Waals surface area contributed by atoms with Crippen LogP contribution in [-0.4, -0.2) is 37.0 Å². The minimum Gasteiger partial charge on any atom is -0.468 e. The Balaban J connectivity index is 2.69. The number of carbonyl (C=O) groups excluding carboxylic acids is 2. The van der Waals surface area contributed by atoms with Crippen LogP contribution in [0.3, 0.4) is 0 Å². The topological polar surface area (TPSA) is 46.6 Å². The van der Waals surface area contributed by atoms with Crippen LogP contribution in [0.5, 0.6) is 0 Å². The third-order valence-electron chi connectivity index (χ3n) is 2.51. The molecule has 0 fully saturated rings. The number of ether oxygens (including phenoxy) is 1. The molecule has 0 spiro atoms. The number of hydrogen-bond donors (Lipinski definition) is 0. The monoisotopic (exact) mass is 265 g/mol. The lowest BCUT2D eigenvalue weighted by Crippen LogP contribution is -2.34. The molecule has 1 rings (SSSR count). The van der Waals surface area contributed by atoms with Crippen LogP contribution >= 0.6 is 0 Å². The maximum Gasteiger partial charge on any atom is 0.325 e. The van der Waals surface area contributed by atoms with Gasteiger partial charge in [-0.15, -0.1) is 0 Å². The van der Waals surface area contributed by atoms with Crippen LogP contribution in [0.2, 0.25) is 0 Å². The predicted octanol–water partition coefficient (Wildman–Crippen LogP) is 1.86. The molecule has 0 unspecified atom stereocenters. The Morgan fingerprint density at radius 2 is 2.16 bits per heavy atom. The molecule has 0 atom stereocenters. The van der Waals surface area contributed by atoms with Crippen molar-refractivity contribution in [3.8, 4) is 0 Å². The second-order valence-electron chi connectivity index (χ2n) is 3.82. The zero-order valence-electron chi connectivity index (χ0n) is 10.9. The van der Waals surface area contributed by atoms with Crippen molar-refractivity contribution in [1.29, 1.82) is 0 Å². The van der Waals surface area contributed by atoms with E-state index in [1.54, 1.807) is 19.1 Å². The highest BCUT2D eigenvalue weighted by atomic mass is 19.1. The quantitative estimate of drug-likeness (QED) is 0.603. The Hall–Kier alpha value is -2.17. The SMILES string of the molecule is CCN(CC(=O)OC)C(=O)/C=C/c1cccc(F)c1. The number of esters is 1. The molecule has 5 heteroatoms. The van der Waals surface area contributed by atoms with Gasteiger partial charge in [0, 0.05) is 12.6 Å². The highest BCUT2D eigenvalue weighted by Gasteiger charge is 2.12. The normalized spacial score (nSPS) is 10.5. The van der Waals surface area contributed by atoms with Gasteiger partial charge in [0.05, 0.1) is 7.11 Å². The number of halogens is 1. The van der Waals surface area contributed by atoms with Crippen molar-refractivity contribution in [3.63, 3.8) is 0 Å². The van der Waals surface area contributed by atoms with E-state index in [1.807, 2.05) is 0 Å². The fraction of sp³-hybridized carbons (Fsp3) is 0.286. The van der Waals surface area contributed by atoms with Crippen molar-refractivity contribution in [2.75, 3.05) is 20.2 Å². The van der Waals surface area contributed by atoms with Gasteiger partial charge in [0.25, 0.3) is 0 Å². The number of likely N-dealkylation sites (N-methyl/N-ethyl adjacent to an activating group) is 1. The van der Waals surface area contributed by atoms with Gasteiger partial charge in [-0.05, 0) is 30.7 Å². The van der Waals surface area contributed by atoms with E-state index in [2.05, 4.69) is 4.74 Å². The van der Waals surface area contributed by atoms with Crippen molar-refractivity contribution < 1.29 is 18.7 Å². The minimum atomic E-state index is -0.477. The number of rotatable bonds is 5. The molecule has 0 aliphatic carbocycles. The van der Waals surface area contributed by atoms with E-state index >= 15 is 0 Å². The second-order valence-corrected chi connectivity index (χ2v) is 3.82. The van der Waals surface area contributed by atoms with E-state index in [0.717, 1.165) is 0 Å². The Morgan fingerprint density at radius 1 is 1.42 bits per heavy atom. The number of methoxy groups -OCH3 is 1. The molecular formula is C14H16FNO3. The molecule has 102 valence electrons. The molecule has 0 aliphatic rings. The van der Waals surface area contributed by atoms with E-state index in [9.17, 15) is 14.0 Å². The summed E-state index contributed by atoms with van der Waals surface area (Å²) in [6.07, 6.45) is 2.81. The molecule has 1 amide bonds. The summed E-state index contributed by atoms with van der Waals surface area (Å²) in [7, 11) is 1.27. The van der Waals surface area contributed by atoms with Gasteiger partial charge >= 0.3 is 5.97 Å². The van der Waals surface area contributed by atoms with E-state index in [4.69, 9.17) is 0 Å². The largest absolute Gasteiger partial charge is 0.468 e. The molecule has 0 saturated heterocycles. The van der Waals surface area contributed by atoms with Gasteiger partial charge < -0.3 is 9.64 Å². The summed E-state index contributed by atoms with van der Waals surface area (Å²) >= 11 is 0. The van der Waals surface area contributed by atoms with E-state index in [-0.39, 0.29) is 18.3 Å². The summed E-state index contributed by atoms with van der Waals surface area (Å²) in [4.78, 5) is 24.3. The first kappa shape index (κ1) is 14.9. The average Bonchev–Trinajstić information content (AvgIpc) is 2.41. The van der Waals surface area contributed by atoms with Crippen LogP contribution in [0.4, 0.5) is 4.39 Å². The first-order chi connectivity index (χ1) is 9.06. The molecule has 0 aliphatic heterocycles. The van der Waals surface area contributed by atoms with Crippen LogP contribution in [0.1, 0.15) is 12.5 Å². The minimum absolute atomic E-state index is 0.0979. The Kier molecular flexibility index (Phi) is 5.73. The molecular weight excluding hydrogens is 249 g/mol. The summed E-state index contributed by atoms with van der Waals surface area (Å²) in [6.45, 7) is 2.05. The molecule has 0 radical (unpaired) electrons. The van der Waals surface area contributed by atoms with E-state index < -0.39 is 5.97 Å². The standard InChI is InChI=1S/C14H16FNO3/c1-3-16(10-14(18)19-2)13(17)8-7-11-5-4-6-12(15)9-11/h4-9H,3,10H2,1-2H3/b8-7+.